The Hall–Kier alpha value is -5.25. The van der Waals surface area contributed by atoms with Gasteiger partial charge in [-0.25, -0.2) is 9.78 Å². The SMILES string of the molecule is CCNC(C)(C)C=C(C#N)C(=O)N1CCC[C@@H](NC(=O)c2sc3nccc4c3c2NC(=O)N4c2ccc(Oc3ccccc3)cc2C)C1. The van der Waals surface area contributed by atoms with E-state index in [-0.39, 0.29) is 30.0 Å². The lowest BCUT2D eigenvalue weighted by atomic mass is 9.99. The van der Waals surface area contributed by atoms with Gasteiger partial charge < -0.3 is 25.6 Å². The minimum absolute atomic E-state index is 0.0707. The van der Waals surface area contributed by atoms with Gasteiger partial charge in [0, 0.05) is 30.9 Å². The second kappa shape index (κ2) is 13.5. The van der Waals surface area contributed by atoms with Crippen molar-refractivity contribution < 1.29 is 19.1 Å². The van der Waals surface area contributed by atoms with Gasteiger partial charge in [-0.2, -0.15) is 5.26 Å². The third-order valence-electron chi connectivity index (χ3n) is 8.37. The minimum atomic E-state index is -0.521. The predicted octanol–water partition coefficient (Wildman–Crippen LogP) is 6.64. The van der Waals surface area contributed by atoms with Gasteiger partial charge in [-0.15, -0.1) is 11.3 Å². The van der Waals surface area contributed by atoms with Gasteiger partial charge in [-0.3, -0.25) is 14.5 Å². The van der Waals surface area contributed by atoms with Crippen LogP contribution in [0.2, 0.25) is 0 Å². The normalized spacial score (nSPS) is 16.4. The molecular weight excluding hydrogens is 627 g/mol. The van der Waals surface area contributed by atoms with E-state index in [0.717, 1.165) is 5.56 Å². The number of piperidine rings is 1. The van der Waals surface area contributed by atoms with Crippen molar-refractivity contribution in [3.63, 3.8) is 0 Å². The Morgan fingerprint density at radius 1 is 1.17 bits per heavy atom. The molecule has 4 aromatic rings. The summed E-state index contributed by atoms with van der Waals surface area (Å²) in [5.41, 5.74) is 2.10. The summed E-state index contributed by atoms with van der Waals surface area (Å²) < 4.78 is 5.99. The van der Waals surface area contributed by atoms with Crippen molar-refractivity contribution in [3.05, 3.63) is 82.9 Å². The number of hydrogen-bond acceptors (Lipinski definition) is 8. The molecule has 0 saturated carbocycles. The summed E-state index contributed by atoms with van der Waals surface area (Å²) in [6.07, 6.45) is 4.65. The second-order valence-electron chi connectivity index (χ2n) is 12.4. The minimum Gasteiger partial charge on any atom is -0.457 e. The molecule has 4 amide bonds. The number of carbonyl (C=O) groups excluding carboxylic acids is 3. The van der Waals surface area contributed by atoms with E-state index in [1.54, 1.807) is 28.1 Å². The van der Waals surface area contributed by atoms with E-state index in [4.69, 9.17) is 4.74 Å². The fraction of sp³-hybridized carbons (Fsp3) is 0.306. The first-order valence-corrected chi connectivity index (χ1v) is 16.7. The summed E-state index contributed by atoms with van der Waals surface area (Å²) >= 11 is 1.21. The number of nitrogens with zero attached hydrogens (tertiary/aromatic N) is 4. The molecule has 3 N–H and O–H groups in total. The van der Waals surface area contributed by atoms with E-state index in [1.165, 1.54) is 11.3 Å². The average molecular weight is 664 g/mol. The van der Waals surface area contributed by atoms with Crippen LogP contribution >= 0.6 is 11.3 Å². The maximum absolute atomic E-state index is 13.7. The quantitative estimate of drug-likeness (QED) is 0.135. The summed E-state index contributed by atoms with van der Waals surface area (Å²) in [5, 5.41) is 19.7. The number of ether oxygens (including phenoxy) is 1. The first-order chi connectivity index (χ1) is 23.1. The van der Waals surface area contributed by atoms with Crippen molar-refractivity contribution in [1.29, 1.82) is 5.26 Å². The number of rotatable bonds is 9. The Kier molecular flexibility index (Phi) is 9.17. The summed E-state index contributed by atoms with van der Waals surface area (Å²) in [6.45, 7) is 9.17. The number of benzene rings is 2. The van der Waals surface area contributed by atoms with Gasteiger partial charge in [0.25, 0.3) is 11.8 Å². The van der Waals surface area contributed by atoms with E-state index in [0.29, 0.717) is 69.6 Å². The summed E-state index contributed by atoms with van der Waals surface area (Å²) in [4.78, 5) is 49.4. The molecule has 1 atom stereocenters. The highest BCUT2D eigenvalue weighted by Crippen LogP contribution is 2.46. The molecule has 0 unspecified atom stereocenters. The summed E-state index contributed by atoms with van der Waals surface area (Å²) in [6, 6.07) is 18.1. The number of thiophene rings is 1. The van der Waals surface area contributed by atoms with E-state index in [9.17, 15) is 19.6 Å². The maximum Gasteiger partial charge on any atom is 0.331 e. The first-order valence-electron chi connectivity index (χ1n) is 15.9. The molecule has 1 fully saturated rings. The number of anilines is 3. The van der Waals surface area contributed by atoms with E-state index in [1.807, 2.05) is 76.2 Å². The number of urea groups is 1. The number of likely N-dealkylation sites (tertiary alicyclic amines) is 1. The molecule has 0 bridgehead atoms. The largest absolute Gasteiger partial charge is 0.457 e. The fourth-order valence-corrected chi connectivity index (χ4v) is 7.28. The molecule has 2 aliphatic rings. The predicted molar refractivity (Wildman–Crippen MR) is 187 cm³/mol. The molecule has 48 heavy (non-hydrogen) atoms. The zero-order chi connectivity index (χ0) is 34.0. The molecule has 246 valence electrons. The first kappa shape index (κ1) is 32.7. The van der Waals surface area contributed by atoms with Crippen LogP contribution in [0.1, 0.15) is 48.8 Å². The number of hydrogen-bond donors (Lipinski definition) is 3. The van der Waals surface area contributed by atoms with Crippen LogP contribution in [0.25, 0.3) is 10.2 Å². The highest BCUT2D eigenvalue weighted by atomic mass is 32.1. The third-order valence-corrected chi connectivity index (χ3v) is 9.47. The molecule has 0 spiro atoms. The van der Waals surface area contributed by atoms with Crippen molar-refractivity contribution in [2.24, 2.45) is 0 Å². The highest BCUT2D eigenvalue weighted by molar-refractivity contribution is 7.21. The number of pyridine rings is 1. The Morgan fingerprint density at radius 3 is 2.69 bits per heavy atom. The standard InChI is InChI=1S/C36H37N7O4S/c1-5-39-36(3,4)19-23(20-37)34(45)42-17-9-10-24(21-42)40-32(44)31-30-29-28(15-16-38-33(29)48-31)43(35(46)41-30)27-14-13-26(18-22(27)2)47-25-11-7-6-8-12-25/h6-8,11-16,18-19,24,39H,5,9-10,17,21H2,1-4H3,(H,40,44)(H,41,46)/t24-/m1/s1. The van der Waals surface area contributed by atoms with Crippen LogP contribution in [-0.2, 0) is 4.79 Å². The van der Waals surface area contributed by atoms with Crippen LogP contribution in [0.5, 0.6) is 11.5 Å². The summed E-state index contributed by atoms with van der Waals surface area (Å²) in [5.74, 6) is 0.658. The third kappa shape index (κ3) is 6.60. The number of nitrogens with one attached hydrogen (secondary N) is 3. The molecular formula is C36H37N7O4S. The van der Waals surface area contributed by atoms with Gasteiger partial charge in [0.2, 0.25) is 0 Å². The van der Waals surface area contributed by atoms with Crippen molar-refractivity contribution in [2.75, 3.05) is 29.9 Å². The average Bonchev–Trinajstić information content (AvgIpc) is 3.44. The lowest BCUT2D eigenvalue weighted by Gasteiger charge is -2.33. The topological polar surface area (TPSA) is 140 Å². The van der Waals surface area contributed by atoms with Crippen LogP contribution < -0.4 is 25.6 Å². The second-order valence-corrected chi connectivity index (χ2v) is 13.4. The molecule has 2 aromatic heterocycles. The molecule has 2 aromatic carbocycles. The number of amides is 4. The number of aromatic nitrogens is 1. The lowest BCUT2D eigenvalue weighted by molar-refractivity contribution is -0.128. The Labute approximate surface area is 283 Å². The summed E-state index contributed by atoms with van der Waals surface area (Å²) in [7, 11) is 0. The van der Waals surface area contributed by atoms with Gasteiger partial charge in [0.1, 0.15) is 32.8 Å². The zero-order valence-corrected chi connectivity index (χ0v) is 28.1. The van der Waals surface area contributed by atoms with Crippen molar-refractivity contribution in [2.45, 2.75) is 52.1 Å². The van der Waals surface area contributed by atoms with Crippen LogP contribution in [0.3, 0.4) is 0 Å². The molecule has 2 aliphatic heterocycles. The molecule has 0 aliphatic carbocycles. The van der Waals surface area contributed by atoms with E-state index in [2.05, 4.69) is 27.0 Å². The fourth-order valence-electron chi connectivity index (χ4n) is 6.26. The number of likely N-dealkylation sites (N-methyl/N-ethyl adjacent to an activating group) is 1. The van der Waals surface area contributed by atoms with Gasteiger partial charge in [-0.05, 0) is 88.2 Å². The van der Waals surface area contributed by atoms with Gasteiger partial charge >= 0.3 is 6.03 Å². The number of nitriles is 1. The Bertz CT molecular complexity index is 1960. The highest BCUT2D eigenvalue weighted by Gasteiger charge is 2.35. The van der Waals surface area contributed by atoms with Crippen molar-refractivity contribution in [1.82, 2.24) is 20.5 Å². The van der Waals surface area contributed by atoms with Crippen LogP contribution in [0.4, 0.5) is 21.9 Å². The van der Waals surface area contributed by atoms with Crippen LogP contribution in [-0.4, -0.2) is 58.9 Å². The van der Waals surface area contributed by atoms with Crippen molar-refractivity contribution in [3.8, 4) is 17.6 Å². The Morgan fingerprint density at radius 2 is 1.96 bits per heavy atom. The smallest absolute Gasteiger partial charge is 0.331 e. The van der Waals surface area contributed by atoms with Gasteiger partial charge in [-0.1, -0.05) is 25.1 Å². The Balaban J connectivity index is 1.22. The molecule has 4 heterocycles. The van der Waals surface area contributed by atoms with Gasteiger partial charge in [0.05, 0.1) is 22.4 Å². The van der Waals surface area contributed by atoms with Gasteiger partial charge in [0.15, 0.2) is 0 Å². The van der Waals surface area contributed by atoms with E-state index < -0.39 is 11.6 Å². The molecule has 6 rings (SSSR count). The number of aryl methyl sites for hydroxylation is 1. The maximum atomic E-state index is 13.7. The monoisotopic (exact) mass is 663 g/mol. The van der Waals surface area contributed by atoms with E-state index >= 15 is 0 Å². The molecule has 11 nitrogen and oxygen atoms in total. The number of para-hydroxylation sites is 1. The van der Waals surface area contributed by atoms with Crippen LogP contribution in [0.15, 0.2) is 72.4 Å². The number of carbonyl (C=O) groups is 3. The molecule has 1 saturated heterocycles. The lowest BCUT2D eigenvalue weighted by Crippen LogP contribution is -2.50. The van der Waals surface area contributed by atoms with Crippen LogP contribution in [0, 0.1) is 18.3 Å². The molecule has 12 heteroatoms. The zero-order valence-electron chi connectivity index (χ0n) is 27.3. The molecule has 0 radical (unpaired) electrons. The van der Waals surface area contributed by atoms with Crippen molar-refractivity contribution >= 4 is 56.5 Å².